The van der Waals surface area contributed by atoms with Crippen LogP contribution in [0.3, 0.4) is 0 Å². The van der Waals surface area contributed by atoms with Gasteiger partial charge in [0.05, 0.1) is 30.7 Å². The van der Waals surface area contributed by atoms with Gasteiger partial charge in [0.25, 0.3) is 5.91 Å². The number of amides is 2. The zero-order chi connectivity index (χ0) is 32.5. The summed E-state index contributed by atoms with van der Waals surface area (Å²) in [6, 6.07) is 3.39. The number of nitrogens with one attached hydrogen (secondary N) is 1. The summed E-state index contributed by atoms with van der Waals surface area (Å²) in [5.74, 6) is 0.634. The number of hydrogen-bond donors (Lipinski definition) is 1. The quantitative estimate of drug-likeness (QED) is 0.386. The van der Waals surface area contributed by atoms with Gasteiger partial charge in [-0.05, 0) is 95.0 Å². The molecule has 6 rings (SSSR count). The number of aromatic nitrogens is 1. The molecule has 8 nitrogen and oxygen atoms in total. The molecular weight excluding hydrogens is 581 g/mol. The van der Waals surface area contributed by atoms with Crippen LogP contribution < -0.4 is 5.32 Å². The molecular formula is C37H52FN5O3. The van der Waals surface area contributed by atoms with Gasteiger partial charge in [-0.2, -0.15) is 0 Å². The molecule has 3 fully saturated rings. The molecule has 2 saturated heterocycles. The zero-order valence-electron chi connectivity index (χ0n) is 28.4. The molecule has 2 amide bonds. The summed E-state index contributed by atoms with van der Waals surface area (Å²) >= 11 is 0. The molecule has 1 aromatic carbocycles. The summed E-state index contributed by atoms with van der Waals surface area (Å²) < 4.78 is 24.0. The number of benzene rings is 1. The van der Waals surface area contributed by atoms with Gasteiger partial charge in [0.1, 0.15) is 5.82 Å². The number of carbonyl (C=O) groups is 2. The van der Waals surface area contributed by atoms with Crippen LogP contribution in [0.4, 0.5) is 10.1 Å². The molecule has 2 aliphatic carbocycles. The Balaban J connectivity index is 1.12. The smallest absolute Gasteiger partial charge is 0.257 e. The highest BCUT2D eigenvalue weighted by molar-refractivity contribution is 6.07. The predicted molar refractivity (Wildman–Crippen MR) is 180 cm³/mol. The van der Waals surface area contributed by atoms with E-state index in [0.29, 0.717) is 41.9 Å². The Morgan fingerprint density at radius 1 is 1.11 bits per heavy atom. The van der Waals surface area contributed by atoms with Gasteiger partial charge >= 0.3 is 0 Å². The molecule has 4 aliphatic rings. The molecule has 3 heterocycles. The highest BCUT2D eigenvalue weighted by atomic mass is 19.1. The first-order chi connectivity index (χ1) is 22.0. The van der Waals surface area contributed by atoms with E-state index in [9.17, 15) is 9.59 Å². The molecule has 2 aromatic rings. The molecule has 250 valence electrons. The van der Waals surface area contributed by atoms with E-state index in [1.54, 1.807) is 6.07 Å². The van der Waals surface area contributed by atoms with Crippen molar-refractivity contribution in [2.45, 2.75) is 83.4 Å². The number of nitrogens with zero attached hydrogens (tertiary/aromatic N) is 4. The van der Waals surface area contributed by atoms with Crippen LogP contribution in [0.2, 0.25) is 0 Å². The number of allylic oxidation sites excluding steroid dienone is 1. The third-order valence-electron chi connectivity index (χ3n) is 10.7. The molecule has 2 atom stereocenters. The second-order valence-corrected chi connectivity index (χ2v) is 14.7. The molecule has 0 bridgehead atoms. The molecule has 1 N–H and O–H groups in total. The number of fused-ring (bicyclic) bond motifs is 1. The highest BCUT2D eigenvalue weighted by Gasteiger charge is 2.42. The van der Waals surface area contributed by atoms with Gasteiger partial charge in [0.2, 0.25) is 5.91 Å². The van der Waals surface area contributed by atoms with Crippen molar-refractivity contribution in [3.05, 3.63) is 58.2 Å². The maximum Gasteiger partial charge on any atom is 0.257 e. The zero-order valence-corrected chi connectivity index (χ0v) is 28.4. The first kappa shape index (κ1) is 32.9. The third kappa shape index (κ3) is 7.26. The van der Waals surface area contributed by atoms with Gasteiger partial charge in [-0.25, -0.2) is 4.39 Å². The van der Waals surface area contributed by atoms with Crippen molar-refractivity contribution < 1.29 is 18.7 Å². The number of halogens is 1. The minimum Gasteiger partial charge on any atom is -0.376 e. The lowest BCUT2D eigenvalue weighted by Gasteiger charge is -2.44. The minimum atomic E-state index is -0.474. The highest BCUT2D eigenvalue weighted by Crippen LogP contribution is 2.32. The maximum atomic E-state index is 15.6. The van der Waals surface area contributed by atoms with Crippen LogP contribution in [0, 0.1) is 24.6 Å². The van der Waals surface area contributed by atoms with Gasteiger partial charge in [0, 0.05) is 62.4 Å². The van der Waals surface area contributed by atoms with Crippen LogP contribution in [0.15, 0.2) is 24.4 Å². The van der Waals surface area contributed by atoms with Crippen molar-refractivity contribution in [3.8, 4) is 0 Å². The first-order valence-electron chi connectivity index (χ1n) is 17.3. The molecule has 0 radical (unpaired) electrons. The van der Waals surface area contributed by atoms with Gasteiger partial charge < -0.3 is 24.4 Å². The van der Waals surface area contributed by atoms with Crippen molar-refractivity contribution in [3.63, 3.8) is 0 Å². The van der Waals surface area contributed by atoms with Crippen molar-refractivity contribution in [1.82, 2.24) is 19.3 Å². The topological polar surface area (TPSA) is 70.1 Å². The van der Waals surface area contributed by atoms with E-state index in [4.69, 9.17) is 4.74 Å². The van der Waals surface area contributed by atoms with E-state index in [-0.39, 0.29) is 30.4 Å². The van der Waals surface area contributed by atoms with E-state index in [0.717, 1.165) is 74.5 Å². The van der Waals surface area contributed by atoms with Crippen molar-refractivity contribution in [1.29, 1.82) is 0 Å². The number of carbonyl (C=O) groups excluding carboxylic acids is 2. The van der Waals surface area contributed by atoms with Crippen LogP contribution in [0.25, 0.3) is 6.08 Å². The lowest BCUT2D eigenvalue weighted by atomic mass is 9.89. The fraction of sp³-hybridized carbons (Fsp3) is 0.622. The standard InChI is InChI=1S/C37H52FN5O3/c1-24-10-12-30(13-11-24)46-23-29-16-28(42-19-26(20-42)18-40(3)4)21-43(29)36(44)15-27-14-25(2)34(17-33(27)38)39-37(45)32-22-41(5)35-9-7-6-8-31(32)35/h6,8,14,17,22,24,26,28-30H,7,9-13,15-16,18-21,23H2,1-5H3,(H,39,45)/t24-,28-,29-,30-/m0/s1. The SMILES string of the molecule is Cc1cc(CC(=O)N2C[C@@H](N3CC(CN(C)C)C3)C[C@H]2CO[C@H]2CC[C@H](C)CC2)c(F)cc1NC(=O)c1cn(C)c2c1C=CCC2. The number of likely N-dealkylation sites (tertiary alicyclic amines) is 2. The fourth-order valence-electron chi connectivity index (χ4n) is 8.05. The van der Waals surface area contributed by atoms with Gasteiger partial charge in [-0.1, -0.05) is 25.1 Å². The predicted octanol–water partition coefficient (Wildman–Crippen LogP) is 5.29. The van der Waals surface area contributed by atoms with Crippen LogP contribution in [-0.2, 0) is 29.4 Å². The van der Waals surface area contributed by atoms with E-state index in [2.05, 4.69) is 42.2 Å². The summed E-state index contributed by atoms with van der Waals surface area (Å²) in [6.45, 7) is 8.56. The van der Waals surface area contributed by atoms with E-state index in [1.807, 2.05) is 35.7 Å². The largest absolute Gasteiger partial charge is 0.376 e. The summed E-state index contributed by atoms with van der Waals surface area (Å²) in [4.78, 5) is 33.8. The number of aryl methyl sites for hydroxylation is 2. The van der Waals surface area contributed by atoms with E-state index in [1.165, 1.54) is 18.9 Å². The Morgan fingerprint density at radius 3 is 2.61 bits per heavy atom. The lowest BCUT2D eigenvalue weighted by molar-refractivity contribution is -0.133. The monoisotopic (exact) mass is 633 g/mol. The molecule has 0 spiro atoms. The summed E-state index contributed by atoms with van der Waals surface area (Å²) in [5, 5.41) is 2.92. The van der Waals surface area contributed by atoms with Gasteiger partial charge in [-0.15, -0.1) is 0 Å². The Labute approximate surface area is 273 Å². The molecule has 1 saturated carbocycles. The van der Waals surface area contributed by atoms with E-state index < -0.39 is 5.82 Å². The summed E-state index contributed by atoms with van der Waals surface area (Å²) in [5.41, 5.74) is 4.17. The Hall–Kier alpha value is -3.01. The Kier molecular flexibility index (Phi) is 10.0. The van der Waals surface area contributed by atoms with Crippen molar-refractivity contribution >= 4 is 23.6 Å². The molecule has 0 unspecified atom stereocenters. The average molecular weight is 634 g/mol. The van der Waals surface area contributed by atoms with E-state index >= 15 is 4.39 Å². The molecule has 1 aromatic heterocycles. The van der Waals surface area contributed by atoms with Crippen molar-refractivity contribution in [2.75, 3.05) is 52.2 Å². The minimum absolute atomic E-state index is 0.00156. The summed E-state index contributed by atoms with van der Waals surface area (Å²) in [6.07, 6.45) is 13.5. The van der Waals surface area contributed by atoms with Crippen LogP contribution >= 0.6 is 0 Å². The number of anilines is 1. The number of rotatable bonds is 10. The molecule has 2 aliphatic heterocycles. The molecule has 9 heteroatoms. The second kappa shape index (κ2) is 14.0. The Bertz CT molecular complexity index is 1450. The maximum absolute atomic E-state index is 15.6. The fourth-order valence-corrected chi connectivity index (χ4v) is 8.05. The van der Waals surface area contributed by atoms with Crippen LogP contribution in [0.1, 0.15) is 78.2 Å². The number of ether oxygens (including phenoxy) is 1. The van der Waals surface area contributed by atoms with Gasteiger partial charge in [0.15, 0.2) is 0 Å². The first-order valence-corrected chi connectivity index (χ1v) is 17.3. The number of hydrogen-bond acceptors (Lipinski definition) is 5. The third-order valence-corrected chi connectivity index (χ3v) is 10.7. The summed E-state index contributed by atoms with van der Waals surface area (Å²) in [7, 11) is 6.19. The van der Waals surface area contributed by atoms with Crippen molar-refractivity contribution in [2.24, 2.45) is 18.9 Å². The Morgan fingerprint density at radius 2 is 1.87 bits per heavy atom. The molecule has 46 heavy (non-hydrogen) atoms. The lowest BCUT2D eigenvalue weighted by Crippen LogP contribution is -2.55. The average Bonchev–Trinajstić information content (AvgIpc) is 3.58. The van der Waals surface area contributed by atoms with Crippen LogP contribution in [-0.4, -0.2) is 96.2 Å². The normalized spacial score (nSPS) is 25.2. The van der Waals surface area contributed by atoms with Gasteiger partial charge in [-0.3, -0.25) is 14.5 Å². The van der Waals surface area contributed by atoms with Crippen LogP contribution in [0.5, 0.6) is 0 Å². The second-order valence-electron chi connectivity index (χ2n) is 14.7.